The Morgan fingerprint density at radius 2 is 1.69 bits per heavy atom. The van der Waals surface area contributed by atoms with Crippen LogP contribution in [0.1, 0.15) is 11.1 Å². The zero-order valence-corrected chi connectivity index (χ0v) is 14.5. The van der Waals surface area contributed by atoms with Gasteiger partial charge in [0.25, 0.3) is 5.91 Å². The molecule has 0 saturated carbocycles. The third kappa shape index (κ3) is 5.54. The van der Waals surface area contributed by atoms with Gasteiger partial charge in [-0.2, -0.15) is 0 Å². The van der Waals surface area contributed by atoms with Gasteiger partial charge in [0.2, 0.25) is 0 Å². The maximum Gasteiger partial charge on any atom is 0.310 e. The smallest absolute Gasteiger partial charge is 0.310 e. The number of likely N-dealkylation sites (N-methyl/N-ethyl adjacent to an activating group) is 1. The predicted molar refractivity (Wildman–Crippen MR) is 90.5 cm³/mol. The number of amides is 1. The standard InChI is InChI=1S/C19H19F2NO4/c1-22(11-14-5-8-17(25-2)16(21)9-14)18(23)12-26-19(24)10-13-3-6-15(20)7-4-13/h3-9H,10-12H2,1-2H3. The van der Waals surface area contributed by atoms with Gasteiger partial charge >= 0.3 is 5.97 Å². The van der Waals surface area contributed by atoms with Crippen LogP contribution in [-0.4, -0.2) is 37.5 Å². The quantitative estimate of drug-likeness (QED) is 0.710. The van der Waals surface area contributed by atoms with Crippen molar-refractivity contribution in [2.45, 2.75) is 13.0 Å². The van der Waals surface area contributed by atoms with Crippen LogP contribution in [0.5, 0.6) is 5.75 Å². The molecule has 0 atom stereocenters. The number of carbonyl (C=O) groups is 2. The molecule has 7 heteroatoms. The summed E-state index contributed by atoms with van der Waals surface area (Å²) in [6.45, 7) is -0.259. The summed E-state index contributed by atoms with van der Waals surface area (Å²) in [4.78, 5) is 25.1. The Morgan fingerprint density at radius 3 is 2.31 bits per heavy atom. The van der Waals surface area contributed by atoms with Crippen LogP contribution in [0.4, 0.5) is 8.78 Å². The molecule has 0 bridgehead atoms. The molecule has 2 aromatic rings. The number of benzene rings is 2. The summed E-state index contributed by atoms with van der Waals surface area (Å²) in [7, 11) is 2.90. The molecule has 0 aromatic heterocycles. The first-order valence-corrected chi connectivity index (χ1v) is 7.85. The van der Waals surface area contributed by atoms with Crippen LogP contribution >= 0.6 is 0 Å². The molecule has 0 radical (unpaired) electrons. The highest BCUT2D eigenvalue weighted by Gasteiger charge is 2.14. The molecule has 0 saturated heterocycles. The third-order valence-corrected chi connectivity index (χ3v) is 3.68. The first-order valence-electron chi connectivity index (χ1n) is 7.85. The molecule has 2 rings (SSSR count). The van der Waals surface area contributed by atoms with E-state index in [-0.39, 0.29) is 18.7 Å². The average molecular weight is 363 g/mol. The van der Waals surface area contributed by atoms with Crippen LogP contribution in [-0.2, 0) is 27.3 Å². The second-order valence-electron chi connectivity index (χ2n) is 5.68. The lowest BCUT2D eigenvalue weighted by molar-refractivity contribution is -0.151. The molecule has 2 aromatic carbocycles. The molecule has 0 spiro atoms. The Labute approximate surface area is 150 Å². The first-order chi connectivity index (χ1) is 12.4. The Balaban J connectivity index is 1.82. The monoisotopic (exact) mass is 363 g/mol. The zero-order valence-electron chi connectivity index (χ0n) is 14.5. The fourth-order valence-electron chi connectivity index (χ4n) is 2.24. The van der Waals surface area contributed by atoms with Gasteiger partial charge in [0.05, 0.1) is 13.5 Å². The van der Waals surface area contributed by atoms with Crippen molar-refractivity contribution in [2.75, 3.05) is 20.8 Å². The largest absolute Gasteiger partial charge is 0.494 e. The Kier molecular flexibility index (Phi) is 6.66. The van der Waals surface area contributed by atoms with Crippen molar-refractivity contribution in [1.29, 1.82) is 0 Å². The number of esters is 1. The van der Waals surface area contributed by atoms with Crippen molar-refractivity contribution >= 4 is 11.9 Å². The van der Waals surface area contributed by atoms with Gasteiger partial charge in [-0.15, -0.1) is 0 Å². The summed E-state index contributed by atoms with van der Waals surface area (Å²) in [5, 5.41) is 0. The zero-order chi connectivity index (χ0) is 19.1. The summed E-state index contributed by atoms with van der Waals surface area (Å²) in [6.07, 6.45) is -0.0546. The van der Waals surface area contributed by atoms with Crippen LogP contribution in [0.2, 0.25) is 0 Å². The van der Waals surface area contributed by atoms with Crippen LogP contribution < -0.4 is 4.74 Å². The number of carbonyl (C=O) groups excluding carboxylic acids is 2. The minimum atomic E-state index is -0.589. The molecule has 0 heterocycles. The molecule has 0 aliphatic carbocycles. The van der Waals surface area contributed by atoms with Gasteiger partial charge in [-0.3, -0.25) is 9.59 Å². The molecule has 0 fully saturated rings. The molecule has 0 N–H and O–H groups in total. The van der Waals surface area contributed by atoms with Crippen LogP contribution in [0.15, 0.2) is 42.5 Å². The molecular formula is C19H19F2NO4. The van der Waals surface area contributed by atoms with Crippen LogP contribution in [0, 0.1) is 11.6 Å². The van der Waals surface area contributed by atoms with E-state index in [1.807, 2.05) is 0 Å². The number of methoxy groups -OCH3 is 1. The number of ether oxygens (including phenoxy) is 2. The lowest BCUT2D eigenvalue weighted by Crippen LogP contribution is -2.31. The number of hydrogen-bond acceptors (Lipinski definition) is 4. The average Bonchev–Trinajstić information content (AvgIpc) is 2.61. The number of hydrogen-bond donors (Lipinski definition) is 0. The van der Waals surface area contributed by atoms with E-state index < -0.39 is 30.1 Å². The molecular weight excluding hydrogens is 344 g/mol. The molecule has 0 aliphatic heterocycles. The van der Waals surface area contributed by atoms with Gasteiger partial charge < -0.3 is 14.4 Å². The van der Waals surface area contributed by atoms with E-state index in [0.29, 0.717) is 11.1 Å². The van der Waals surface area contributed by atoms with Crippen LogP contribution in [0.3, 0.4) is 0 Å². The van der Waals surface area contributed by atoms with Crippen molar-refractivity contribution in [3.8, 4) is 5.75 Å². The van der Waals surface area contributed by atoms with Gasteiger partial charge in [0, 0.05) is 13.6 Å². The fourth-order valence-corrected chi connectivity index (χ4v) is 2.24. The molecule has 5 nitrogen and oxygen atoms in total. The van der Waals surface area contributed by atoms with Crippen molar-refractivity contribution in [1.82, 2.24) is 4.90 Å². The van der Waals surface area contributed by atoms with E-state index in [0.717, 1.165) is 0 Å². The van der Waals surface area contributed by atoms with Gasteiger partial charge in [-0.1, -0.05) is 18.2 Å². The molecule has 1 amide bonds. The molecule has 138 valence electrons. The summed E-state index contributed by atoms with van der Waals surface area (Å²) >= 11 is 0. The van der Waals surface area contributed by atoms with Gasteiger partial charge in [0.15, 0.2) is 18.2 Å². The van der Waals surface area contributed by atoms with E-state index in [2.05, 4.69) is 0 Å². The summed E-state index contributed by atoms with van der Waals surface area (Å²) < 4.78 is 36.3. The summed E-state index contributed by atoms with van der Waals surface area (Å²) in [6, 6.07) is 9.84. The minimum Gasteiger partial charge on any atom is -0.494 e. The maximum atomic E-state index is 13.7. The predicted octanol–water partition coefficient (Wildman–Crippen LogP) is 2.72. The highest BCUT2D eigenvalue weighted by Crippen LogP contribution is 2.18. The molecule has 0 aliphatic rings. The van der Waals surface area contributed by atoms with Gasteiger partial charge in [-0.05, 0) is 35.4 Å². The minimum absolute atomic E-state index is 0.0546. The number of halogens is 2. The Bertz CT molecular complexity index is 778. The van der Waals surface area contributed by atoms with Crippen LogP contribution in [0.25, 0.3) is 0 Å². The van der Waals surface area contributed by atoms with Gasteiger partial charge in [-0.25, -0.2) is 8.78 Å². The lowest BCUT2D eigenvalue weighted by atomic mass is 10.1. The Morgan fingerprint density at radius 1 is 1.04 bits per heavy atom. The summed E-state index contributed by atoms with van der Waals surface area (Å²) in [5.41, 5.74) is 1.17. The second kappa shape index (κ2) is 8.94. The maximum absolute atomic E-state index is 13.7. The van der Waals surface area contributed by atoms with E-state index in [1.54, 1.807) is 6.07 Å². The van der Waals surface area contributed by atoms with Crippen molar-refractivity contribution in [2.24, 2.45) is 0 Å². The number of rotatable bonds is 7. The van der Waals surface area contributed by atoms with E-state index in [1.165, 1.54) is 55.5 Å². The normalized spacial score (nSPS) is 10.3. The Hall–Kier alpha value is -2.96. The fraction of sp³-hybridized carbons (Fsp3) is 0.263. The first kappa shape index (κ1) is 19.4. The second-order valence-corrected chi connectivity index (χ2v) is 5.68. The molecule has 0 unspecified atom stereocenters. The highest BCUT2D eigenvalue weighted by molar-refractivity contribution is 5.81. The van der Waals surface area contributed by atoms with E-state index >= 15 is 0 Å². The van der Waals surface area contributed by atoms with Crippen molar-refractivity contribution in [3.05, 3.63) is 65.2 Å². The van der Waals surface area contributed by atoms with Crippen molar-refractivity contribution < 1.29 is 27.8 Å². The summed E-state index contributed by atoms with van der Waals surface area (Å²) in [5.74, 6) is -1.80. The molecule has 26 heavy (non-hydrogen) atoms. The highest BCUT2D eigenvalue weighted by atomic mass is 19.1. The third-order valence-electron chi connectivity index (χ3n) is 3.68. The van der Waals surface area contributed by atoms with E-state index in [4.69, 9.17) is 9.47 Å². The van der Waals surface area contributed by atoms with Gasteiger partial charge in [0.1, 0.15) is 5.82 Å². The number of nitrogens with zero attached hydrogens (tertiary/aromatic N) is 1. The van der Waals surface area contributed by atoms with Crippen molar-refractivity contribution in [3.63, 3.8) is 0 Å². The van der Waals surface area contributed by atoms with E-state index in [9.17, 15) is 18.4 Å². The lowest BCUT2D eigenvalue weighted by Gasteiger charge is -2.17. The topological polar surface area (TPSA) is 55.8 Å². The SMILES string of the molecule is COc1ccc(CN(C)C(=O)COC(=O)Cc2ccc(F)cc2)cc1F.